The quantitative estimate of drug-likeness (QED) is 0.525. The molecule has 20 heavy (non-hydrogen) atoms. The number of rotatable bonds is 9. The molecular weight excluding hydrogens is 263 g/mol. The van der Waals surface area contributed by atoms with Gasteiger partial charge in [-0.3, -0.25) is 0 Å². The molecule has 0 aliphatic rings. The van der Waals surface area contributed by atoms with Crippen molar-refractivity contribution in [3.8, 4) is 17.2 Å². The molecule has 0 saturated carbocycles. The molecule has 1 rings (SSSR count). The van der Waals surface area contributed by atoms with E-state index in [0.717, 1.165) is 0 Å². The summed E-state index contributed by atoms with van der Waals surface area (Å²) in [5.41, 5.74) is 0. The molecule has 0 saturated heterocycles. The maximum Gasteiger partial charge on any atom is 0.707 e. The lowest BCUT2D eigenvalue weighted by molar-refractivity contribution is 0.0545. The average Bonchev–Trinajstić information content (AvgIpc) is 2.36. The fourth-order valence-electron chi connectivity index (χ4n) is 1.51. The molecular formula is C13H21BO6. The Balaban J connectivity index is 2.64. The van der Waals surface area contributed by atoms with E-state index in [1.807, 2.05) is 20.8 Å². The van der Waals surface area contributed by atoms with Gasteiger partial charge in [0.2, 0.25) is 0 Å². The SMILES string of the molecule is CCOc1cc(OB(O)O)ccc1OCCOC(C)C. The zero-order valence-electron chi connectivity index (χ0n) is 12.0. The molecule has 0 radical (unpaired) electrons. The molecule has 0 atom stereocenters. The Labute approximate surface area is 119 Å². The number of hydrogen-bond acceptors (Lipinski definition) is 6. The molecule has 112 valence electrons. The molecule has 0 aliphatic carbocycles. The molecule has 0 aromatic heterocycles. The first-order chi connectivity index (χ1) is 9.52. The molecule has 0 spiro atoms. The van der Waals surface area contributed by atoms with Crippen molar-refractivity contribution in [2.75, 3.05) is 19.8 Å². The van der Waals surface area contributed by atoms with Gasteiger partial charge in [0.25, 0.3) is 0 Å². The minimum Gasteiger partial charge on any atom is -0.512 e. The van der Waals surface area contributed by atoms with Gasteiger partial charge in [-0.25, -0.2) is 0 Å². The van der Waals surface area contributed by atoms with Gasteiger partial charge in [0.1, 0.15) is 12.4 Å². The highest BCUT2D eigenvalue weighted by molar-refractivity contribution is 6.33. The van der Waals surface area contributed by atoms with E-state index in [1.165, 1.54) is 0 Å². The van der Waals surface area contributed by atoms with Crippen molar-refractivity contribution in [2.24, 2.45) is 0 Å². The van der Waals surface area contributed by atoms with Crippen LogP contribution in [-0.2, 0) is 4.74 Å². The van der Waals surface area contributed by atoms with Crippen molar-refractivity contribution in [3.63, 3.8) is 0 Å². The summed E-state index contributed by atoms with van der Waals surface area (Å²) in [7, 11) is -1.87. The highest BCUT2D eigenvalue weighted by Crippen LogP contribution is 2.31. The standard InChI is InChI=1S/C13H21BO6/c1-4-17-13-9-11(20-14(15)16)5-6-12(13)19-8-7-18-10(2)3/h5-6,9-10,15-16H,4,7-8H2,1-3H3. The van der Waals surface area contributed by atoms with Gasteiger partial charge in [0, 0.05) is 6.07 Å². The van der Waals surface area contributed by atoms with E-state index in [9.17, 15) is 0 Å². The normalized spacial score (nSPS) is 10.5. The van der Waals surface area contributed by atoms with Crippen LogP contribution in [0.3, 0.4) is 0 Å². The van der Waals surface area contributed by atoms with Crippen LogP contribution < -0.4 is 14.1 Å². The minimum absolute atomic E-state index is 0.159. The van der Waals surface area contributed by atoms with Crippen molar-refractivity contribution >= 4 is 7.32 Å². The first kappa shape index (κ1) is 16.6. The summed E-state index contributed by atoms with van der Waals surface area (Å²) in [6.45, 7) is 7.11. The van der Waals surface area contributed by atoms with Crippen LogP contribution in [0, 0.1) is 0 Å². The summed E-state index contributed by atoms with van der Waals surface area (Å²) in [6, 6.07) is 4.76. The number of benzene rings is 1. The van der Waals surface area contributed by atoms with Gasteiger partial charge in [0.15, 0.2) is 11.5 Å². The van der Waals surface area contributed by atoms with Crippen LogP contribution in [0.15, 0.2) is 18.2 Å². The highest BCUT2D eigenvalue weighted by Gasteiger charge is 2.14. The number of ether oxygens (including phenoxy) is 3. The summed E-state index contributed by atoms with van der Waals surface area (Å²) >= 11 is 0. The van der Waals surface area contributed by atoms with Crippen molar-refractivity contribution in [1.29, 1.82) is 0 Å². The van der Waals surface area contributed by atoms with Crippen molar-refractivity contribution in [3.05, 3.63) is 18.2 Å². The van der Waals surface area contributed by atoms with Crippen molar-refractivity contribution in [2.45, 2.75) is 26.9 Å². The van der Waals surface area contributed by atoms with Gasteiger partial charge in [-0.2, -0.15) is 0 Å². The smallest absolute Gasteiger partial charge is 0.512 e. The van der Waals surface area contributed by atoms with Crippen LogP contribution in [0.2, 0.25) is 0 Å². The first-order valence-corrected chi connectivity index (χ1v) is 6.57. The topological polar surface area (TPSA) is 77.4 Å². The third-order valence-corrected chi connectivity index (χ3v) is 2.25. The van der Waals surface area contributed by atoms with Gasteiger partial charge in [-0.1, -0.05) is 0 Å². The van der Waals surface area contributed by atoms with Gasteiger partial charge in [0.05, 0.1) is 19.3 Å². The fourth-order valence-corrected chi connectivity index (χ4v) is 1.51. The van der Waals surface area contributed by atoms with E-state index in [0.29, 0.717) is 31.3 Å². The zero-order chi connectivity index (χ0) is 15.0. The highest BCUT2D eigenvalue weighted by atomic mass is 16.6. The molecule has 0 bridgehead atoms. The van der Waals surface area contributed by atoms with E-state index in [1.54, 1.807) is 18.2 Å². The van der Waals surface area contributed by atoms with E-state index in [2.05, 4.69) is 0 Å². The predicted octanol–water partition coefficient (Wildman–Crippen LogP) is 1.24. The summed E-state index contributed by atoms with van der Waals surface area (Å²) in [6.07, 6.45) is 0.159. The minimum atomic E-state index is -1.87. The van der Waals surface area contributed by atoms with Crippen LogP contribution in [0.5, 0.6) is 17.2 Å². The Morgan fingerprint density at radius 3 is 2.45 bits per heavy atom. The van der Waals surface area contributed by atoms with E-state index >= 15 is 0 Å². The van der Waals surface area contributed by atoms with Crippen LogP contribution in [0.25, 0.3) is 0 Å². The molecule has 0 aliphatic heterocycles. The fraction of sp³-hybridized carbons (Fsp3) is 0.538. The molecule has 0 unspecified atom stereocenters. The van der Waals surface area contributed by atoms with E-state index in [4.69, 9.17) is 28.9 Å². The first-order valence-electron chi connectivity index (χ1n) is 6.57. The lowest BCUT2D eigenvalue weighted by Gasteiger charge is -2.14. The Hall–Kier alpha value is -1.44. The lowest BCUT2D eigenvalue weighted by Crippen LogP contribution is -2.20. The van der Waals surface area contributed by atoms with Crippen LogP contribution in [0.4, 0.5) is 0 Å². The Kier molecular flexibility index (Phi) is 7.21. The maximum absolute atomic E-state index is 8.77. The average molecular weight is 284 g/mol. The Morgan fingerprint density at radius 2 is 1.85 bits per heavy atom. The van der Waals surface area contributed by atoms with Gasteiger partial charge >= 0.3 is 7.32 Å². The summed E-state index contributed by atoms with van der Waals surface area (Å²) in [5.74, 6) is 1.32. The van der Waals surface area contributed by atoms with Crippen molar-refractivity contribution in [1.82, 2.24) is 0 Å². The third kappa shape index (κ3) is 6.14. The monoisotopic (exact) mass is 284 g/mol. The summed E-state index contributed by atoms with van der Waals surface area (Å²) in [4.78, 5) is 0. The Bertz CT molecular complexity index is 396. The molecule has 0 fully saturated rings. The second kappa shape index (κ2) is 8.68. The molecule has 0 amide bonds. The second-order valence-corrected chi connectivity index (χ2v) is 4.25. The van der Waals surface area contributed by atoms with Gasteiger partial charge < -0.3 is 28.9 Å². The zero-order valence-corrected chi connectivity index (χ0v) is 12.0. The van der Waals surface area contributed by atoms with Crippen molar-refractivity contribution < 1.29 is 28.9 Å². The summed E-state index contributed by atoms with van der Waals surface area (Å²) < 4.78 is 21.1. The molecule has 1 aromatic carbocycles. The van der Waals surface area contributed by atoms with Gasteiger partial charge in [-0.05, 0) is 32.9 Å². The number of hydrogen-bond donors (Lipinski definition) is 2. The Morgan fingerprint density at radius 1 is 1.10 bits per heavy atom. The van der Waals surface area contributed by atoms with E-state index < -0.39 is 7.32 Å². The maximum atomic E-state index is 8.77. The van der Waals surface area contributed by atoms with Crippen LogP contribution in [0.1, 0.15) is 20.8 Å². The van der Waals surface area contributed by atoms with Gasteiger partial charge in [-0.15, -0.1) is 0 Å². The molecule has 7 heteroatoms. The predicted molar refractivity (Wildman–Crippen MR) is 75.0 cm³/mol. The molecule has 2 N–H and O–H groups in total. The second-order valence-electron chi connectivity index (χ2n) is 4.25. The third-order valence-electron chi connectivity index (χ3n) is 2.25. The molecule has 6 nitrogen and oxygen atoms in total. The van der Waals surface area contributed by atoms with Crippen LogP contribution in [-0.4, -0.2) is 43.3 Å². The molecule has 1 aromatic rings. The largest absolute Gasteiger partial charge is 0.707 e. The lowest BCUT2D eigenvalue weighted by atomic mass is 10.2. The van der Waals surface area contributed by atoms with Crippen LogP contribution >= 0.6 is 0 Å². The molecule has 0 heterocycles. The summed E-state index contributed by atoms with van der Waals surface area (Å²) in [5, 5.41) is 17.5. The van der Waals surface area contributed by atoms with E-state index in [-0.39, 0.29) is 11.9 Å².